The Bertz CT molecular complexity index is 957. The fourth-order valence-corrected chi connectivity index (χ4v) is 2.71. The van der Waals surface area contributed by atoms with Crippen LogP contribution in [0.2, 0.25) is 0 Å². The van der Waals surface area contributed by atoms with Crippen LogP contribution >= 0.6 is 0 Å². The average molecular weight is 365 g/mol. The maximum atomic E-state index is 4.74. The molecule has 0 unspecified atom stereocenters. The molecular formula is C25H23N3. The van der Waals surface area contributed by atoms with E-state index >= 15 is 0 Å². The summed E-state index contributed by atoms with van der Waals surface area (Å²) >= 11 is 0. The van der Waals surface area contributed by atoms with E-state index < -0.39 is 0 Å². The van der Waals surface area contributed by atoms with Gasteiger partial charge in [0.15, 0.2) is 0 Å². The number of hydrogen-bond acceptors (Lipinski definition) is 3. The molecule has 0 fully saturated rings. The largest absolute Gasteiger partial charge is 0.252 e. The molecule has 1 heterocycles. The zero-order valence-corrected chi connectivity index (χ0v) is 16.3. The van der Waals surface area contributed by atoms with Crippen LogP contribution in [0.5, 0.6) is 0 Å². The van der Waals surface area contributed by atoms with Crippen LogP contribution in [0.4, 0.5) is 11.4 Å². The predicted molar refractivity (Wildman–Crippen MR) is 121 cm³/mol. The lowest BCUT2D eigenvalue weighted by Crippen LogP contribution is -2.04. The van der Waals surface area contributed by atoms with E-state index in [4.69, 9.17) is 4.98 Å². The second-order valence-corrected chi connectivity index (χ2v) is 6.39. The van der Waals surface area contributed by atoms with Gasteiger partial charge in [-0.1, -0.05) is 55.6 Å². The summed E-state index contributed by atoms with van der Waals surface area (Å²) in [4.78, 5) is 14.1. The SMILES string of the molecule is C=Cc1ccc(N=C(C)c2cccc(C(C)=Nc3ccc(C=C)cc3)n2)cc1. The van der Waals surface area contributed by atoms with Crippen molar-refractivity contribution in [2.24, 2.45) is 9.98 Å². The molecule has 3 aromatic rings. The Labute approximate surface area is 166 Å². The van der Waals surface area contributed by atoms with Gasteiger partial charge in [0.25, 0.3) is 0 Å². The van der Waals surface area contributed by atoms with E-state index in [0.29, 0.717) is 0 Å². The summed E-state index contributed by atoms with van der Waals surface area (Å²) in [5, 5.41) is 0. The number of nitrogens with zero attached hydrogens (tertiary/aromatic N) is 3. The van der Waals surface area contributed by atoms with Gasteiger partial charge in [-0.3, -0.25) is 9.98 Å². The summed E-state index contributed by atoms with van der Waals surface area (Å²) in [5.74, 6) is 0. The van der Waals surface area contributed by atoms with Gasteiger partial charge in [-0.15, -0.1) is 0 Å². The van der Waals surface area contributed by atoms with Crippen molar-refractivity contribution in [3.8, 4) is 0 Å². The molecular weight excluding hydrogens is 342 g/mol. The molecule has 0 aliphatic heterocycles. The molecule has 0 radical (unpaired) electrons. The molecule has 0 saturated carbocycles. The molecule has 0 amide bonds. The van der Waals surface area contributed by atoms with E-state index in [9.17, 15) is 0 Å². The number of benzene rings is 2. The van der Waals surface area contributed by atoms with Crippen molar-refractivity contribution in [2.45, 2.75) is 13.8 Å². The summed E-state index contributed by atoms with van der Waals surface area (Å²) in [6.45, 7) is 11.5. The van der Waals surface area contributed by atoms with Gasteiger partial charge in [-0.05, 0) is 61.4 Å². The van der Waals surface area contributed by atoms with Crippen LogP contribution in [0.1, 0.15) is 36.4 Å². The Balaban J connectivity index is 1.85. The molecule has 0 aliphatic rings. The quantitative estimate of drug-likeness (QED) is 0.451. The summed E-state index contributed by atoms with van der Waals surface area (Å²) < 4.78 is 0. The highest BCUT2D eigenvalue weighted by Gasteiger charge is 2.05. The molecule has 0 bridgehead atoms. The van der Waals surface area contributed by atoms with Crippen molar-refractivity contribution < 1.29 is 0 Å². The minimum absolute atomic E-state index is 0.835. The van der Waals surface area contributed by atoms with Crippen LogP contribution in [-0.4, -0.2) is 16.4 Å². The third-order valence-electron chi connectivity index (χ3n) is 4.34. The van der Waals surface area contributed by atoms with Crippen molar-refractivity contribution in [1.29, 1.82) is 0 Å². The van der Waals surface area contributed by atoms with Crippen LogP contribution in [0.3, 0.4) is 0 Å². The first-order valence-electron chi connectivity index (χ1n) is 9.12. The van der Waals surface area contributed by atoms with Gasteiger partial charge in [0, 0.05) is 0 Å². The van der Waals surface area contributed by atoms with Crippen LogP contribution < -0.4 is 0 Å². The zero-order valence-electron chi connectivity index (χ0n) is 16.3. The number of hydrogen-bond donors (Lipinski definition) is 0. The molecule has 0 saturated heterocycles. The maximum absolute atomic E-state index is 4.74. The minimum Gasteiger partial charge on any atom is -0.252 e. The van der Waals surface area contributed by atoms with Crippen molar-refractivity contribution in [3.63, 3.8) is 0 Å². The first kappa shape index (κ1) is 19.2. The normalized spacial score (nSPS) is 11.9. The van der Waals surface area contributed by atoms with Crippen molar-refractivity contribution in [3.05, 3.63) is 102 Å². The molecule has 0 atom stereocenters. The Kier molecular flexibility index (Phi) is 6.07. The number of pyridine rings is 1. The first-order valence-corrected chi connectivity index (χ1v) is 9.12. The average Bonchev–Trinajstić information content (AvgIpc) is 2.75. The van der Waals surface area contributed by atoms with Gasteiger partial charge in [-0.2, -0.15) is 0 Å². The third-order valence-corrected chi connectivity index (χ3v) is 4.34. The molecule has 0 N–H and O–H groups in total. The maximum Gasteiger partial charge on any atom is 0.0849 e. The van der Waals surface area contributed by atoms with E-state index in [1.807, 2.05) is 92.7 Å². The number of aromatic nitrogens is 1. The summed E-state index contributed by atoms with van der Waals surface area (Å²) in [7, 11) is 0. The van der Waals surface area contributed by atoms with E-state index in [1.54, 1.807) is 0 Å². The summed E-state index contributed by atoms with van der Waals surface area (Å²) in [5.41, 5.74) is 7.32. The fraction of sp³-hybridized carbons (Fsp3) is 0.0800. The molecule has 3 heteroatoms. The molecule has 28 heavy (non-hydrogen) atoms. The van der Waals surface area contributed by atoms with Crippen LogP contribution in [-0.2, 0) is 0 Å². The smallest absolute Gasteiger partial charge is 0.0849 e. The van der Waals surface area contributed by atoms with Crippen LogP contribution in [0, 0.1) is 0 Å². The lowest BCUT2D eigenvalue weighted by atomic mass is 10.2. The lowest BCUT2D eigenvalue weighted by molar-refractivity contribution is 1.24. The lowest BCUT2D eigenvalue weighted by Gasteiger charge is -2.05. The van der Waals surface area contributed by atoms with Gasteiger partial charge in [0.1, 0.15) is 0 Å². The van der Waals surface area contributed by atoms with E-state index in [2.05, 4.69) is 23.1 Å². The number of rotatable bonds is 6. The van der Waals surface area contributed by atoms with E-state index in [0.717, 1.165) is 45.3 Å². The summed E-state index contributed by atoms with van der Waals surface area (Å²) in [6, 6.07) is 21.8. The second kappa shape index (κ2) is 8.87. The third kappa shape index (κ3) is 4.77. The Morgan fingerprint density at radius 2 is 1.07 bits per heavy atom. The van der Waals surface area contributed by atoms with E-state index in [-0.39, 0.29) is 0 Å². The van der Waals surface area contributed by atoms with Gasteiger partial charge in [0.2, 0.25) is 0 Å². The van der Waals surface area contributed by atoms with Gasteiger partial charge < -0.3 is 0 Å². The van der Waals surface area contributed by atoms with Crippen LogP contribution in [0.25, 0.3) is 12.2 Å². The monoisotopic (exact) mass is 365 g/mol. The van der Waals surface area contributed by atoms with Crippen LogP contribution in [0.15, 0.2) is 89.9 Å². The predicted octanol–water partition coefficient (Wildman–Crippen LogP) is 6.65. The molecule has 1 aromatic heterocycles. The standard InChI is InChI=1S/C25H23N3/c1-5-20-10-14-22(15-11-20)26-18(3)24-8-7-9-25(28-24)19(4)27-23-16-12-21(6-2)13-17-23/h5-17H,1-2H2,3-4H3. The topological polar surface area (TPSA) is 37.6 Å². The highest BCUT2D eigenvalue weighted by atomic mass is 14.8. The second-order valence-electron chi connectivity index (χ2n) is 6.39. The molecule has 3 rings (SSSR count). The minimum atomic E-state index is 0.835. The first-order chi connectivity index (χ1) is 13.6. The Morgan fingerprint density at radius 3 is 1.43 bits per heavy atom. The van der Waals surface area contributed by atoms with Crippen molar-refractivity contribution in [2.75, 3.05) is 0 Å². The highest BCUT2D eigenvalue weighted by Crippen LogP contribution is 2.17. The zero-order chi connectivity index (χ0) is 19.9. The molecule has 0 spiro atoms. The van der Waals surface area contributed by atoms with Gasteiger partial charge in [0.05, 0.1) is 34.2 Å². The summed E-state index contributed by atoms with van der Waals surface area (Å²) in [6.07, 6.45) is 3.64. The molecule has 2 aromatic carbocycles. The number of aliphatic imine (C=N–C) groups is 2. The highest BCUT2D eigenvalue weighted by molar-refractivity contribution is 6.02. The Morgan fingerprint density at radius 1 is 0.679 bits per heavy atom. The van der Waals surface area contributed by atoms with E-state index in [1.165, 1.54) is 0 Å². The van der Waals surface area contributed by atoms with Gasteiger partial charge >= 0.3 is 0 Å². The molecule has 138 valence electrons. The fourth-order valence-electron chi connectivity index (χ4n) is 2.71. The Hall–Kier alpha value is -3.59. The molecule has 3 nitrogen and oxygen atoms in total. The van der Waals surface area contributed by atoms with Crippen molar-refractivity contribution >= 4 is 35.0 Å². The van der Waals surface area contributed by atoms with Gasteiger partial charge in [-0.25, -0.2) is 4.98 Å². The van der Waals surface area contributed by atoms with Crippen molar-refractivity contribution in [1.82, 2.24) is 4.98 Å². The molecule has 0 aliphatic carbocycles.